The Balaban J connectivity index is 2.48. The summed E-state index contributed by atoms with van der Waals surface area (Å²) in [6.45, 7) is 1.72. The summed E-state index contributed by atoms with van der Waals surface area (Å²) in [6.07, 6.45) is 1.15. The van der Waals surface area contributed by atoms with E-state index >= 15 is 0 Å². The molecule has 0 spiro atoms. The van der Waals surface area contributed by atoms with Gasteiger partial charge < -0.3 is 16.8 Å². The summed E-state index contributed by atoms with van der Waals surface area (Å²) in [5, 5.41) is 8.85. The third-order valence-electron chi connectivity index (χ3n) is 1.96. The van der Waals surface area contributed by atoms with Gasteiger partial charge in [-0.05, 0) is 6.92 Å². The zero-order valence-electron chi connectivity index (χ0n) is 8.80. The minimum absolute atomic E-state index is 0.186. The van der Waals surface area contributed by atoms with Crippen LogP contribution in [0.2, 0.25) is 0 Å². The second kappa shape index (κ2) is 5.21. The number of hydrogen-bond donors (Lipinski definition) is 4. The maximum absolute atomic E-state index is 11.5. The van der Waals surface area contributed by atoms with Crippen molar-refractivity contribution in [1.82, 2.24) is 20.5 Å². The van der Waals surface area contributed by atoms with Crippen LogP contribution in [0.4, 0.5) is 0 Å². The summed E-state index contributed by atoms with van der Waals surface area (Å²) in [5.41, 5.74) is 10.4. The van der Waals surface area contributed by atoms with Gasteiger partial charge in [0.1, 0.15) is 12.2 Å². The summed E-state index contributed by atoms with van der Waals surface area (Å²) in [7, 11) is 0. The Hall–Kier alpha value is -1.96. The highest BCUT2D eigenvalue weighted by Gasteiger charge is 2.19. The number of carbonyl (C=O) groups is 2. The standard InChI is InChI=1S/C8H14N6O2/c1-4(7-11-3-12-14-7)13-8(16)5(9)2-6(10)15/h3-5H,2,9H2,1H3,(H2,10,15)(H,13,16)(H,11,12,14). The molecule has 1 rings (SSSR count). The van der Waals surface area contributed by atoms with Crippen molar-refractivity contribution in [2.24, 2.45) is 11.5 Å². The molecule has 2 amide bonds. The summed E-state index contributed by atoms with van der Waals surface area (Å²) < 4.78 is 0. The molecular formula is C8H14N6O2. The molecule has 2 atom stereocenters. The van der Waals surface area contributed by atoms with Crippen molar-refractivity contribution >= 4 is 11.8 Å². The maximum Gasteiger partial charge on any atom is 0.238 e. The van der Waals surface area contributed by atoms with Crippen molar-refractivity contribution < 1.29 is 9.59 Å². The molecule has 8 nitrogen and oxygen atoms in total. The number of hydrogen-bond acceptors (Lipinski definition) is 5. The Kier molecular flexibility index (Phi) is 3.95. The number of H-pyrrole nitrogens is 1. The van der Waals surface area contributed by atoms with E-state index in [2.05, 4.69) is 20.5 Å². The van der Waals surface area contributed by atoms with Crippen molar-refractivity contribution in [3.63, 3.8) is 0 Å². The highest BCUT2D eigenvalue weighted by Crippen LogP contribution is 2.04. The molecule has 0 saturated heterocycles. The number of nitrogens with zero attached hydrogens (tertiary/aromatic N) is 2. The van der Waals surface area contributed by atoms with Crippen LogP contribution in [0.3, 0.4) is 0 Å². The van der Waals surface area contributed by atoms with Gasteiger partial charge in [0.2, 0.25) is 11.8 Å². The van der Waals surface area contributed by atoms with Gasteiger partial charge in [0, 0.05) is 0 Å². The minimum Gasteiger partial charge on any atom is -0.370 e. The molecule has 0 aliphatic carbocycles. The van der Waals surface area contributed by atoms with Crippen molar-refractivity contribution in [3.05, 3.63) is 12.2 Å². The van der Waals surface area contributed by atoms with Gasteiger partial charge in [-0.1, -0.05) is 0 Å². The first-order chi connectivity index (χ1) is 7.50. The number of nitrogens with two attached hydrogens (primary N) is 2. The van der Waals surface area contributed by atoms with Gasteiger partial charge in [-0.25, -0.2) is 4.98 Å². The second-order valence-corrected chi connectivity index (χ2v) is 3.38. The number of aromatic amines is 1. The van der Waals surface area contributed by atoms with Gasteiger partial charge in [-0.2, -0.15) is 5.10 Å². The fourth-order valence-electron chi connectivity index (χ4n) is 1.12. The van der Waals surface area contributed by atoms with Gasteiger partial charge in [0.25, 0.3) is 0 Å². The Morgan fingerprint density at radius 3 is 2.81 bits per heavy atom. The number of nitrogens with one attached hydrogen (secondary N) is 2. The quantitative estimate of drug-likeness (QED) is 0.468. The zero-order valence-corrected chi connectivity index (χ0v) is 8.80. The molecule has 0 aliphatic heterocycles. The van der Waals surface area contributed by atoms with Crippen LogP contribution in [0.15, 0.2) is 6.33 Å². The first-order valence-corrected chi connectivity index (χ1v) is 4.70. The molecule has 0 bridgehead atoms. The lowest BCUT2D eigenvalue weighted by atomic mass is 10.2. The lowest BCUT2D eigenvalue weighted by Gasteiger charge is -2.14. The van der Waals surface area contributed by atoms with E-state index in [9.17, 15) is 9.59 Å². The Bertz CT molecular complexity index is 363. The molecule has 88 valence electrons. The lowest BCUT2D eigenvalue weighted by Crippen LogP contribution is -2.44. The maximum atomic E-state index is 11.5. The van der Waals surface area contributed by atoms with E-state index in [0.717, 1.165) is 0 Å². The van der Waals surface area contributed by atoms with Gasteiger partial charge in [-0.3, -0.25) is 14.7 Å². The third kappa shape index (κ3) is 3.31. The Morgan fingerprint density at radius 2 is 2.31 bits per heavy atom. The molecule has 0 aromatic carbocycles. The molecule has 2 unspecified atom stereocenters. The van der Waals surface area contributed by atoms with Crippen LogP contribution < -0.4 is 16.8 Å². The van der Waals surface area contributed by atoms with Crippen LogP contribution in [-0.2, 0) is 9.59 Å². The van der Waals surface area contributed by atoms with Crippen molar-refractivity contribution in [3.8, 4) is 0 Å². The molecule has 0 aliphatic rings. The molecule has 1 aromatic heterocycles. The molecule has 1 aromatic rings. The SMILES string of the molecule is CC(NC(=O)C(N)CC(N)=O)c1ncn[nH]1. The lowest BCUT2D eigenvalue weighted by molar-refractivity contribution is -0.126. The largest absolute Gasteiger partial charge is 0.370 e. The Morgan fingerprint density at radius 1 is 1.62 bits per heavy atom. The van der Waals surface area contributed by atoms with Crippen LogP contribution in [0, 0.1) is 0 Å². The fraction of sp³-hybridized carbons (Fsp3) is 0.500. The van der Waals surface area contributed by atoms with E-state index in [1.807, 2.05) is 0 Å². The van der Waals surface area contributed by atoms with E-state index in [-0.39, 0.29) is 12.5 Å². The predicted octanol–water partition coefficient (Wildman–Crippen LogP) is -1.82. The van der Waals surface area contributed by atoms with Crippen LogP contribution >= 0.6 is 0 Å². The zero-order chi connectivity index (χ0) is 12.1. The fourth-order valence-corrected chi connectivity index (χ4v) is 1.12. The van der Waals surface area contributed by atoms with E-state index < -0.39 is 17.9 Å². The molecule has 6 N–H and O–H groups in total. The normalized spacial score (nSPS) is 14.1. The molecular weight excluding hydrogens is 212 g/mol. The molecule has 16 heavy (non-hydrogen) atoms. The molecule has 0 radical (unpaired) electrons. The predicted molar refractivity (Wildman–Crippen MR) is 54.7 cm³/mol. The number of aromatic nitrogens is 3. The molecule has 1 heterocycles. The summed E-state index contributed by atoms with van der Waals surface area (Å²) >= 11 is 0. The first kappa shape index (κ1) is 12.1. The van der Waals surface area contributed by atoms with Crippen molar-refractivity contribution in [2.45, 2.75) is 25.4 Å². The van der Waals surface area contributed by atoms with E-state index in [1.165, 1.54) is 6.33 Å². The van der Waals surface area contributed by atoms with E-state index in [4.69, 9.17) is 11.5 Å². The topological polar surface area (TPSA) is 140 Å². The van der Waals surface area contributed by atoms with E-state index in [0.29, 0.717) is 5.82 Å². The third-order valence-corrected chi connectivity index (χ3v) is 1.96. The minimum atomic E-state index is -0.942. The summed E-state index contributed by atoms with van der Waals surface area (Å²) in [4.78, 5) is 25.9. The van der Waals surface area contributed by atoms with Gasteiger partial charge in [-0.15, -0.1) is 0 Å². The first-order valence-electron chi connectivity index (χ1n) is 4.70. The van der Waals surface area contributed by atoms with Crippen LogP contribution in [0.25, 0.3) is 0 Å². The monoisotopic (exact) mass is 226 g/mol. The highest BCUT2D eigenvalue weighted by molar-refractivity contribution is 5.87. The molecule has 0 saturated carbocycles. The summed E-state index contributed by atoms with van der Waals surface area (Å²) in [6, 6.07) is -1.29. The van der Waals surface area contributed by atoms with Gasteiger partial charge in [0.05, 0.1) is 18.5 Å². The van der Waals surface area contributed by atoms with Crippen molar-refractivity contribution in [1.29, 1.82) is 0 Å². The summed E-state index contributed by atoms with van der Waals surface area (Å²) in [5.74, 6) is -0.558. The van der Waals surface area contributed by atoms with Crippen LogP contribution in [0.5, 0.6) is 0 Å². The highest BCUT2D eigenvalue weighted by atomic mass is 16.2. The molecule has 8 heteroatoms. The van der Waals surface area contributed by atoms with Gasteiger partial charge in [0.15, 0.2) is 0 Å². The number of rotatable bonds is 5. The number of carbonyl (C=O) groups excluding carboxylic acids is 2. The number of primary amides is 1. The smallest absolute Gasteiger partial charge is 0.238 e. The van der Waals surface area contributed by atoms with Crippen molar-refractivity contribution in [2.75, 3.05) is 0 Å². The average molecular weight is 226 g/mol. The molecule has 0 fully saturated rings. The number of amides is 2. The van der Waals surface area contributed by atoms with Crippen LogP contribution in [-0.4, -0.2) is 33.0 Å². The van der Waals surface area contributed by atoms with Gasteiger partial charge >= 0.3 is 0 Å². The van der Waals surface area contributed by atoms with Crippen LogP contribution in [0.1, 0.15) is 25.2 Å². The average Bonchev–Trinajstić information content (AvgIpc) is 2.68. The van der Waals surface area contributed by atoms with E-state index in [1.54, 1.807) is 6.92 Å². The second-order valence-electron chi connectivity index (χ2n) is 3.38. The Labute approximate surface area is 91.8 Å².